The van der Waals surface area contributed by atoms with Crippen LogP contribution in [0.5, 0.6) is 34.6 Å². The predicted octanol–water partition coefficient (Wildman–Crippen LogP) is 6.36. The molecule has 1 unspecified atom stereocenters. The average molecular weight is 633 g/mol. The van der Waals surface area contributed by atoms with E-state index in [2.05, 4.69) is 4.98 Å². The Hall–Kier alpha value is -3.86. The summed E-state index contributed by atoms with van der Waals surface area (Å²) in [6.45, 7) is 2.12. The number of methoxy groups -OCH3 is 2. The summed E-state index contributed by atoms with van der Waals surface area (Å²) < 4.78 is 29.4. The molecule has 0 saturated heterocycles. The molecule has 9 nitrogen and oxygen atoms in total. The van der Waals surface area contributed by atoms with Crippen LogP contribution in [-0.2, 0) is 12.8 Å². The van der Waals surface area contributed by atoms with Gasteiger partial charge < -0.3 is 28.8 Å². The highest BCUT2D eigenvalue weighted by Crippen LogP contribution is 2.51. The largest absolute Gasteiger partial charge is 0.494 e. The zero-order chi connectivity index (χ0) is 30.0. The number of benzene rings is 3. The summed E-state index contributed by atoms with van der Waals surface area (Å²) in [6.07, 6.45) is 1.45. The van der Waals surface area contributed by atoms with E-state index >= 15 is 0 Å². The van der Waals surface area contributed by atoms with Crippen molar-refractivity contribution in [1.82, 2.24) is 4.98 Å². The lowest BCUT2D eigenvalue weighted by atomic mass is 9.96. The van der Waals surface area contributed by atoms with Gasteiger partial charge in [0.2, 0.25) is 17.4 Å². The Morgan fingerprint density at radius 3 is 2.38 bits per heavy atom. The fraction of sp³-hybridized carbons (Fsp3) is 0.267. The number of H-pyrrole nitrogens is 1. The van der Waals surface area contributed by atoms with Gasteiger partial charge in [-0.15, -0.1) is 0 Å². The monoisotopic (exact) mass is 631 g/mol. The highest BCUT2D eigenvalue weighted by Gasteiger charge is 2.32. The van der Waals surface area contributed by atoms with Gasteiger partial charge in [0.15, 0.2) is 11.5 Å². The van der Waals surface area contributed by atoms with E-state index in [0.29, 0.717) is 57.0 Å². The lowest BCUT2D eigenvalue weighted by molar-refractivity contribution is 0.0724. The van der Waals surface area contributed by atoms with Crippen LogP contribution in [0.2, 0.25) is 10.0 Å². The van der Waals surface area contributed by atoms with Crippen LogP contribution in [0, 0.1) is 6.92 Å². The standard InChI is InChI=1S/C30H27Cl2NO8S/c1-15-22-9-8-21(14-39-20-6-4-16(5-7-20)10-23-28(34)33-30(36)42-23)40-25(22)27(38-3)26(37-2)24(15)41-29(35)17-11-18(31)13-19(32)12-17/h4-7,11-13,21,34H,8-10,14H2,1-3H3,(H,33,36). The number of aromatic nitrogens is 1. The number of carbonyl (C=O) groups excluding carboxylic acids is 1. The molecule has 0 fully saturated rings. The van der Waals surface area contributed by atoms with Crippen LogP contribution in [0.4, 0.5) is 0 Å². The van der Waals surface area contributed by atoms with Crippen molar-refractivity contribution in [3.05, 3.63) is 89.3 Å². The smallest absolute Gasteiger partial charge is 0.343 e. The lowest BCUT2D eigenvalue weighted by Gasteiger charge is -2.30. The molecule has 0 amide bonds. The maximum absolute atomic E-state index is 13.0. The number of thiazole rings is 1. The van der Waals surface area contributed by atoms with Crippen molar-refractivity contribution >= 4 is 40.5 Å². The van der Waals surface area contributed by atoms with Crippen LogP contribution in [-0.4, -0.2) is 43.0 Å². The third-order valence-corrected chi connectivity index (χ3v) is 8.12. The zero-order valence-electron chi connectivity index (χ0n) is 22.9. The first-order valence-electron chi connectivity index (χ1n) is 12.9. The molecular formula is C30H27Cl2NO8S. The van der Waals surface area contributed by atoms with Crippen LogP contribution in [0.3, 0.4) is 0 Å². The number of aromatic hydroxyl groups is 1. The van der Waals surface area contributed by atoms with Gasteiger partial charge in [-0.3, -0.25) is 9.78 Å². The Morgan fingerprint density at radius 2 is 1.76 bits per heavy atom. The summed E-state index contributed by atoms with van der Waals surface area (Å²) in [6, 6.07) is 11.9. The SMILES string of the molecule is COc1c(OC(=O)c2cc(Cl)cc(Cl)c2)c(C)c2c(c1OC)OC(COc1ccc(Cc3sc(=O)[nH]c3O)cc1)CC2. The number of rotatable bonds is 9. The molecular weight excluding hydrogens is 605 g/mol. The molecule has 0 saturated carbocycles. The number of hydrogen-bond acceptors (Lipinski definition) is 9. The van der Waals surface area contributed by atoms with Crippen molar-refractivity contribution in [2.45, 2.75) is 32.3 Å². The van der Waals surface area contributed by atoms with Gasteiger partial charge in [-0.25, -0.2) is 4.79 Å². The first-order chi connectivity index (χ1) is 20.2. The number of halogens is 2. The first kappa shape index (κ1) is 29.6. The molecule has 4 aromatic rings. The second-order valence-electron chi connectivity index (χ2n) is 9.57. The zero-order valence-corrected chi connectivity index (χ0v) is 25.2. The summed E-state index contributed by atoms with van der Waals surface area (Å²) in [4.78, 5) is 27.1. The molecule has 5 rings (SSSR count). The Bertz CT molecular complexity index is 1660. The van der Waals surface area contributed by atoms with Gasteiger partial charge in [-0.2, -0.15) is 0 Å². The maximum atomic E-state index is 13.0. The molecule has 1 aromatic heterocycles. The molecule has 220 valence electrons. The van der Waals surface area contributed by atoms with Crippen LogP contribution < -0.4 is 28.6 Å². The van der Waals surface area contributed by atoms with E-state index in [4.69, 9.17) is 46.9 Å². The summed E-state index contributed by atoms with van der Waals surface area (Å²) >= 11 is 13.1. The second-order valence-corrected chi connectivity index (χ2v) is 11.5. The van der Waals surface area contributed by atoms with Gasteiger partial charge in [-0.1, -0.05) is 46.7 Å². The molecule has 0 aliphatic carbocycles. The number of fused-ring (bicyclic) bond motifs is 1. The molecule has 12 heteroatoms. The minimum Gasteiger partial charge on any atom is -0.494 e. The normalized spacial score (nSPS) is 14.1. The lowest BCUT2D eigenvalue weighted by Crippen LogP contribution is -2.30. The summed E-state index contributed by atoms with van der Waals surface area (Å²) in [7, 11) is 2.95. The van der Waals surface area contributed by atoms with E-state index < -0.39 is 5.97 Å². The molecule has 3 aromatic carbocycles. The van der Waals surface area contributed by atoms with Crippen LogP contribution in [0.15, 0.2) is 47.3 Å². The molecule has 0 spiro atoms. The Morgan fingerprint density at radius 1 is 1.07 bits per heavy atom. The first-order valence-corrected chi connectivity index (χ1v) is 14.5. The van der Waals surface area contributed by atoms with Gasteiger partial charge in [0, 0.05) is 27.6 Å². The summed E-state index contributed by atoms with van der Waals surface area (Å²) in [5, 5.41) is 10.5. The quantitative estimate of drug-likeness (QED) is 0.162. The Balaban J connectivity index is 1.30. The van der Waals surface area contributed by atoms with Crippen LogP contribution in [0.25, 0.3) is 0 Å². The number of hydrogen-bond donors (Lipinski definition) is 2. The molecule has 1 aliphatic heterocycles. The topological polar surface area (TPSA) is 116 Å². The average Bonchev–Trinajstić information content (AvgIpc) is 3.28. The minimum absolute atomic E-state index is 0.0985. The fourth-order valence-corrected chi connectivity index (χ4v) is 6.05. The molecule has 0 bridgehead atoms. The van der Waals surface area contributed by atoms with Gasteiger partial charge in [0.1, 0.15) is 18.5 Å². The van der Waals surface area contributed by atoms with Crippen molar-refractivity contribution < 1.29 is 33.6 Å². The van der Waals surface area contributed by atoms with Crippen molar-refractivity contribution in [1.29, 1.82) is 0 Å². The number of aromatic amines is 1. The van der Waals surface area contributed by atoms with Crippen molar-refractivity contribution in [3.63, 3.8) is 0 Å². The van der Waals surface area contributed by atoms with Gasteiger partial charge in [-0.05, 0) is 55.7 Å². The van der Waals surface area contributed by atoms with E-state index in [0.717, 1.165) is 22.5 Å². The number of nitrogens with one attached hydrogen (secondary N) is 1. The molecule has 2 heterocycles. The molecule has 0 radical (unpaired) electrons. The number of ether oxygens (including phenoxy) is 5. The molecule has 1 aliphatic rings. The predicted molar refractivity (Wildman–Crippen MR) is 160 cm³/mol. The van der Waals surface area contributed by atoms with E-state index in [1.807, 2.05) is 31.2 Å². The molecule has 1 atom stereocenters. The summed E-state index contributed by atoms with van der Waals surface area (Å²) in [5.41, 5.74) is 2.66. The number of carbonyl (C=O) groups is 1. The van der Waals surface area contributed by atoms with Gasteiger partial charge in [0.25, 0.3) is 0 Å². The molecule has 42 heavy (non-hydrogen) atoms. The van der Waals surface area contributed by atoms with Crippen molar-refractivity contribution in [2.24, 2.45) is 0 Å². The van der Waals surface area contributed by atoms with E-state index in [1.54, 1.807) is 0 Å². The third kappa shape index (κ3) is 6.30. The van der Waals surface area contributed by atoms with Crippen LogP contribution >= 0.6 is 34.5 Å². The van der Waals surface area contributed by atoms with Gasteiger partial charge in [0.05, 0.1) is 24.7 Å². The second kappa shape index (κ2) is 12.6. The molecule has 2 N–H and O–H groups in total. The summed E-state index contributed by atoms with van der Waals surface area (Å²) in [5.74, 6) is 1.20. The third-order valence-electron chi connectivity index (χ3n) is 6.81. The maximum Gasteiger partial charge on any atom is 0.343 e. The fourth-order valence-electron chi connectivity index (χ4n) is 4.76. The minimum atomic E-state index is -0.641. The van der Waals surface area contributed by atoms with E-state index in [1.165, 1.54) is 32.4 Å². The van der Waals surface area contributed by atoms with Crippen LogP contribution in [0.1, 0.15) is 38.3 Å². The highest BCUT2D eigenvalue weighted by molar-refractivity contribution is 7.09. The van der Waals surface area contributed by atoms with Crippen molar-refractivity contribution in [3.8, 4) is 34.6 Å². The van der Waals surface area contributed by atoms with Crippen molar-refractivity contribution in [2.75, 3.05) is 20.8 Å². The number of esters is 1. The Kier molecular flexibility index (Phi) is 8.86. The van der Waals surface area contributed by atoms with E-state index in [-0.39, 0.29) is 40.5 Å². The Labute approximate surface area is 255 Å². The highest BCUT2D eigenvalue weighted by atomic mass is 35.5. The van der Waals surface area contributed by atoms with Gasteiger partial charge >= 0.3 is 10.8 Å². The van der Waals surface area contributed by atoms with E-state index in [9.17, 15) is 14.7 Å².